The van der Waals surface area contributed by atoms with Crippen molar-refractivity contribution in [2.75, 3.05) is 26.4 Å². The minimum Gasteiger partial charge on any atom is -0.461 e. The molecule has 0 aliphatic carbocycles. The van der Waals surface area contributed by atoms with Crippen molar-refractivity contribution in [3.63, 3.8) is 0 Å². The first kappa shape index (κ1) is 22.6. The quantitative estimate of drug-likeness (QED) is 0.250. The van der Waals surface area contributed by atoms with Crippen molar-refractivity contribution in [1.82, 2.24) is 0 Å². The van der Waals surface area contributed by atoms with Crippen LogP contribution < -0.4 is 0 Å². The molecule has 0 saturated carbocycles. The summed E-state index contributed by atoms with van der Waals surface area (Å²) in [6.07, 6.45) is 0.827. The van der Waals surface area contributed by atoms with Crippen molar-refractivity contribution in [3.8, 4) is 0 Å². The number of carbonyl (C=O) groups is 2. The molecule has 2 unspecified atom stereocenters. The largest absolute Gasteiger partial charge is 0.461 e. The van der Waals surface area contributed by atoms with E-state index in [-0.39, 0.29) is 26.4 Å². The van der Waals surface area contributed by atoms with Crippen molar-refractivity contribution in [3.05, 3.63) is 12.2 Å². The summed E-state index contributed by atoms with van der Waals surface area (Å²) in [7, 11) is 0. The molecule has 0 fully saturated rings. The van der Waals surface area contributed by atoms with Gasteiger partial charge in [-0.05, 0) is 33.6 Å². The maximum Gasteiger partial charge on any atom is 0.338 e. The molecule has 2 atom stereocenters. The molecule has 1 N–H and O–H groups in total. The number of esters is 2. The van der Waals surface area contributed by atoms with Gasteiger partial charge in [0.2, 0.25) is 0 Å². The lowest BCUT2D eigenvalue weighted by atomic mass is 10.0. The van der Waals surface area contributed by atoms with Crippen LogP contribution >= 0.6 is 0 Å². The maximum atomic E-state index is 12.1. The zero-order chi connectivity index (χ0) is 18.8. The van der Waals surface area contributed by atoms with Crippen LogP contribution in [0.15, 0.2) is 12.2 Å². The Morgan fingerprint density at radius 2 is 1.50 bits per heavy atom. The predicted octanol–water partition coefficient (Wildman–Crippen LogP) is 1.97. The van der Waals surface area contributed by atoms with Crippen molar-refractivity contribution >= 4 is 11.9 Å². The Morgan fingerprint density at radius 1 is 0.958 bits per heavy atom. The summed E-state index contributed by atoms with van der Waals surface area (Å²) in [6.45, 7) is 11.9. The van der Waals surface area contributed by atoms with E-state index in [1.54, 1.807) is 34.6 Å². The molecule has 0 aliphatic heterocycles. The second kappa shape index (κ2) is 10.4. The first-order valence-corrected chi connectivity index (χ1v) is 8.08. The van der Waals surface area contributed by atoms with E-state index in [2.05, 4.69) is 6.58 Å². The summed E-state index contributed by atoms with van der Waals surface area (Å²) in [6, 6.07) is 0. The van der Waals surface area contributed by atoms with E-state index in [0.717, 1.165) is 0 Å². The summed E-state index contributed by atoms with van der Waals surface area (Å²) in [4.78, 5) is 23.4. The average molecular weight is 346 g/mol. The van der Waals surface area contributed by atoms with Gasteiger partial charge in [0.25, 0.3) is 0 Å². The van der Waals surface area contributed by atoms with Crippen LogP contribution in [0.4, 0.5) is 0 Å². The first-order valence-electron chi connectivity index (χ1n) is 8.08. The summed E-state index contributed by atoms with van der Waals surface area (Å²) in [5.74, 6) is -2.26. The molecule has 0 aromatic heterocycles. The molecule has 0 radical (unpaired) electrons. The molecule has 0 amide bonds. The van der Waals surface area contributed by atoms with E-state index in [0.29, 0.717) is 18.4 Å². The molecule has 0 rings (SSSR count). The van der Waals surface area contributed by atoms with Crippen LogP contribution in [0.1, 0.15) is 47.5 Å². The topological polar surface area (TPSA) is 91.3 Å². The fourth-order valence-electron chi connectivity index (χ4n) is 1.48. The standard InChI is InChI=1S/C17H30O7/c1-7-16(5,23-11-9-21-14(18)13(3)4)15(19)22-10-12-24-17(6,20)8-2/h20H,3,7-12H2,1-2,4-6H3. The van der Waals surface area contributed by atoms with Crippen molar-refractivity contribution in [2.24, 2.45) is 0 Å². The Balaban J connectivity index is 4.20. The zero-order valence-electron chi connectivity index (χ0n) is 15.3. The van der Waals surface area contributed by atoms with Gasteiger partial charge in [0.15, 0.2) is 11.4 Å². The minimum absolute atomic E-state index is 0.0125. The Labute approximate surface area is 143 Å². The van der Waals surface area contributed by atoms with E-state index in [4.69, 9.17) is 18.9 Å². The molecule has 0 bridgehead atoms. The molecule has 0 aliphatic rings. The molecule has 0 heterocycles. The summed E-state index contributed by atoms with van der Waals surface area (Å²) in [5.41, 5.74) is -0.835. The lowest BCUT2D eigenvalue weighted by Gasteiger charge is -2.27. The third-order valence-corrected chi connectivity index (χ3v) is 3.58. The highest BCUT2D eigenvalue weighted by Crippen LogP contribution is 2.17. The summed E-state index contributed by atoms with van der Waals surface area (Å²) < 4.78 is 20.8. The predicted molar refractivity (Wildman–Crippen MR) is 88.2 cm³/mol. The van der Waals surface area contributed by atoms with Gasteiger partial charge in [0, 0.05) is 5.57 Å². The molecule has 24 heavy (non-hydrogen) atoms. The lowest BCUT2D eigenvalue weighted by molar-refractivity contribution is -0.203. The van der Waals surface area contributed by atoms with Crippen molar-refractivity contribution in [2.45, 2.75) is 58.8 Å². The van der Waals surface area contributed by atoms with Gasteiger partial charge in [-0.2, -0.15) is 0 Å². The average Bonchev–Trinajstić information content (AvgIpc) is 2.54. The molecule has 7 heteroatoms. The maximum absolute atomic E-state index is 12.1. The highest BCUT2D eigenvalue weighted by atomic mass is 16.6. The van der Waals surface area contributed by atoms with Crippen LogP contribution in [0.3, 0.4) is 0 Å². The van der Waals surface area contributed by atoms with Crippen LogP contribution in [-0.2, 0) is 28.5 Å². The van der Waals surface area contributed by atoms with Gasteiger partial charge >= 0.3 is 11.9 Å². The van der Waals surface area contributed by atoms with Gasteiger partial charge in [-0.1, -0.05) is 20.4 Å². The highest BCUT2D eigenvalue weighted by Gasteiger charge is 2.34. The normalized spacial score (nSPS) is 15.9. The Bertz CT molecular complexity index is 431. The molecular weight excluding hydrogens is 316 g/mol. The number of hydrogen-bond acceptors (Lipinski definition) is 7. The van der Waals surface area contributed by atoms with Gasteiger partial charge in [-0.15, -0.1) is 0 Å². The van der Waals surface area contributed by atoms with Gasteiger partial charge in [-0.25, -0.2) is 9.59 Å². The van der Waals surface area contributed by atoms with Crippen LogP contribution in [0.5, 0.6) is 0 Å². The van der Waals surface area contributed by atoms with Gasteiger partial charge < -0.3 is 24.1 Å². The van der Waals surface area contributed by atoms with Crippen LogP contribution in [0.2, 0.25) is 0 Å². The third kappa shape index (κ3) is 8.42. The number of rotatable bonds is 12. The lowest BCUT2D eigenvalue weighted by Crippen LogP contribution is -2.41. The second-order valence-electron chi connectivity index (χ2n) is 5.86. The third-order valence-electron chi connectivity index (χ3n) is 3.58. The Kier molecular flexibility index (Phi) is 9.80. The Hall–Kier alpha value is -1.44. The minimum atomic E-state index is -1.23. The van der Waals surface area contributed by atoms with E-state index in [9.17, 15) is 14.7 Å². The van der Waals surface area contributed by atoms with E-state index >= 15 is 0 Å². The second-order valence-corrected chi connectivity index (χ2v) is 5.86. The smallest absolute Gasteiger partial charge is 0.338 e. The molecular formula is C17H30O7. The number of hydrogen-bond donors (Lipinski definition) is 1. The highest BCUT2D eigenvalue weighted by molar-refractivity contribution is 5.86. The molecule has 0 saturated heterocycles. The fourth-order valence-corrected chi connectivity index (χ4v) is 1.48. The number of ether oxygens (including phenoxy) is 4. The summed E-state index contributed by atoms with van der Waals surface area (Å²) in [5, 5.41) is 9.69. The molecule has 0 aromatic carbocycles. The SMILES string of the molecule is C=C(C)C(=O)OCCOC(C)(CC)C(=O)OCCOC(C)(O)CC. The van der Waals surface area contributed by atoms with E-state index < -0.39 is 23.3 Å². The molecule has 0 aromatic rings. The van der Waals surface area contributed by atoms with Gasteiger partial charge in [-0.3, -0.25) is 0 Å². The molecule has 0 spiro atoms. The summed E-state index contributed by atoms with van der Waals surface area (Å²) >= 11 is 0. The zero-order valence-corrected chi connectivity index (χ0v) is 15.3. The van der Waals surface area contributed by atoms with Crippen molar-refractivity contribution < 1.29 is 33.6 Å². The van der Waals surface area contributed by atoms with Crippen LogP contribution in [0.25, 0.3) is 0 Å². The monoisotopic (exact) mass is 346 g/mol. The van der Waals surface area contributed by atoms with Crippen molar-refractivity contribution in [1.29, 1.82) is 0 Å². The molecule has 7 nitrogen and oxygen atoms in total. The first-order chi connectivity index (χ1) is 11.1. The number of carbonyl (C=O) groups excluding carboxylic acids is 2. The van der Waals surface area contributed by atoms with Crippen LogP contribution in [-0.4, -0.2) is 54.9 Å². The van der Waals surface area contributed by atoms with Gasteiger partial charge in [0.1, 0.15) is 13.2 Å². The fraction of sp³-hybridized carbons (Fsp3) is 0.765. The Morgan fingerprint density at radius 3 is 2.00 bits per heavy atom. The van der Waals surface area contributed by atoms with Gasteiger partial charge in [0.05, 0.1) is 13.2 Å². The number of aliphatic hydroxyl groups is 1. The van der Waals surface area contributed by atoms with E-state index in [1.165, 1.54) is 0 Å². The van der Waals surface area contributed by atoms with Crippen LogP contribution in [0, 0.1) is 0 Å². The van der Waals surface area contributed by atoms with E-state index in [1.807, 2.05) is 0 Å². The molecule has 140 valence electrons.